The van der Waals surface area contributed by atoms with E-state index in [1.54, 1.807) is 0 Å². The van der Waals surface area contributed by atoms with E-state index in [0.29, 0.717) is 6.42 Å². The quantitative estimate of drug-likeness (QED) is 0.929. The number of aliphatic carboxylic acids is 1. The number of carboxylic acids is 1. The number of aromatic nitrogens is 2. The Balaban J connectivity index is 2.42. The lowest BCUT2D eigenvalue weighted by Crippen LogP contribution is -1.98. The molecular weight excluding hydrogens is 320 g/mol. The Morgan fingerprint density at radius 2 is 2.10 bits per heavy atom. The number of carbonyl (C=O) groups is 1. The first-order chi connectivity index (χ1) is 9.40. The van der Waals surface area contributed by atoms with Crippen LogP contribution in [0.15, 0.2) is 22.8 Å². The summed E-state index contributed by atoms with van der Waals surface area (Å²) < 4.78 is 2.79. The third kappa shape index (κ3) is 2.93. The fourth-order valence-electron chi connectivity index (χ4n) is 2.23. The summed E-state index contributed by atoms with van der Waals surface area (Å²) in [5, 5.41) is 8.78. The molecule has 0 saturated carbocycles. The predicted octanol–water partition coefficient (Wildman–Crippen LogP) is 3.48. The number of benzene rings is 1. The average molecular weight is 337 g/mol. The number of rotatable bonds is 4. The molecule has 0 bridgehead atoms. The highest BCUT2D eigenvalue weighted by molar-refractivity contribution is 9.10. The molecule has 0 aliphatic carbocycles. The van der Waals surface area contributed by atoms with Crippen molar-refractivity contribution in [2.24, 2.45) is 7.05 Å². The van der Waals surface area contributed by atoms with Crippen LogP contribution >= 0.6 is 15.9 Å². The highest BCUT2D eigenvalue weighted by atomic mass is 79.9. The lowest BCUT2D eigenvalue weighted by Gasteiger charge is -2.07. The molecule has 0 atom stereocenters. The van der Waals surface area contributed by atoms with Gasteiger partial charge in [0.05, 0.1) is 12.1 Å². The Kier molecular flexibility index (Phi) is 4.28. The van der Waals surface area contributed by atoms with Crippen molar-refractivity contribution in [3.05, 3.63) is 39.6 Å². The first-order valence-electron chi connectivity index (χ1n) is 6.40. The number of halogens is 1. The van der Waals surface area contributed by atoms with Gasteiger partial charge in [0.15, 0.2) is 0 Å². The molecule has 1 aromatic heterocycles. The van der Waals surface area contributed by atoms with Crippen molar-refractivity contribution in [2.45, 2.75) is 26.7 Å². The summed E-state index contributed by atoms with van der Waals surface area (Å²) >= 11 is 3.50. The van der Waals surface area contributed by atoms with Crippen molar-refractivity contribution in [3.8, 4) is 11.4 Å². The monoisotopic (exact) mass is 336 g/mol. The Morgan fingerprint density at radius 1 is 1.40 bits per heavy atom. The van der Waals surface area contributed by atoms with Crippen molar-refractivity contribution in [2.75, 3.05) is 0 Å². The summed E-state index contributed by atoms with van der Waals surface area (Å²) in [5.41, 5.74) is 4.23. The average Bonchev–Trinajstić information content (AvgIpc) is 2.64. The van der Waals surface area contributed by atoms with Crippen molar-refractivity contribution in [3.63, 3.8) is 0 Å². The van der Waals surface area contributed by atoms with Crippen molar-refractivity contribution in [1.29, 1.82) is 0 Å². The molecule has 0 fully saturated rings. The van der Waals surface area contributed by atoms with E-state index in [-0.39, 0.29) is 6.42 Å². The highest BCUT2D eigenvalue weighted by Gasteiger charge is 2.16. The summed E-state index contributed by atoms with van der Waals surface area (Å²) in [6.07, 6.45) is 0.511. The molecule has 1 aromatic carbocycles. The summed E-state index contributed by atoms with van der Waals surface area (Å²) in [6.45, 7) is 4.12. The van der Waals surface area contributed by atoms with Crippen molar-refractivity contribution < 1.29 is 9.90 Å². The van der Waals surface area contributed by atoms with Crippen LogP contribution in [-0.2, 0) is 18.3 Å². The van der Waals surface area contributed by atoms with Gasteiger partial charge in [-0.2, -0.15) is 0 Å². The minimum absolute atomic E-state index is 0.0853. The van der Waals surface area contributed by atoms with Crippen LogP contribution in [0.3, 0.4) is 0 Å². The second-order valence-corrected chi connectivity index (χ2v) is 5.70. The molecule has 0 aliphatic heterocycles. The minimum Gasteiger partial charge on any atom is -0.481 e. The molecule has 20 heavy (non-hydrogen) atoms. The number of aryl methyl sites for hydroxylation is 3. The van der Waals surface area contributed by atoms with Gasteiger partial charge in [0, 0.05) is 19.0 Å². The third-order valence-electron chi connectivity index (χ3n) is 3.29. The lowest BCUT2D eigenvalue weighted by molar-refractivity contribution is -0.136. The molecule has 0 unspecified atom stereocenters. The molecule has 2 rings (SSSR count). The SMILES string of the molecule is Cc1ccc(-c2nc(CCC(=O)O)c(Br)n2C)c(C)c1. The maximum Gasteiger partial charge on any atom is 0.303 e. The summed E-state index contributed by atoms with van der Waals surface area (Å²) in [7, 11) is 1.93. The van der Waals surface area contributed by atoms with Crippen LogP contribution in [0.2, 0.25) is 0 Å². The van der Waals surface area contributed by atoms with E-state index in [1.165, 1.54) is 5.56 Å². The zero-order chi connectivity index (χ0) is 14.9. The van der Waals surface area contributed by atoms with Gasteiger partial charge in [0.25, 0.3) is 0 Å². The van der Waals surface area contributed by atoms with Gasteiger partial charge in [-0.25, -0.2) is 4.98 Å². The van der Waals surface area contributed by atoms with Gasteiger partial charge in [0.1, 0.15) is 10.4 Å². The molecule has 0 aliphatic rings. The number of imidazole rings is 1. The van der Waals surface area contributed by atoms with Crippen molar-refractivity contribution in [1.82, 2.24) is 9.55 Å². The molecule has 0 amide bonds. The summed E-state index contributed by atoms with van der Waals surface area (Å²) in [5.74, 6) is 0.0467. The zero-order valence-electron chi connectivity index (χ0n) is 11.8. The smallest absolute Gasteiger partial charge is 0.303 e. The fourth-order valence-corrected chi connectivity index (χ4v) is 2.68. The third-order valence-corrected chi connectivity index (χ3v) is 4.28. The topological polar surface area (TPSA) is 55.1 Å². The Labute approximate surface area is 126 Å². The number of carboxylic acid groups (broad SMARTS) is 1. The van der Waals surface area contributed by atoms with E-state index in [1.807, 2.05) is 11.6 Å². The van der Waals surface area contributed by atoms with Gasteiger partial charge in [0.2, 0.25) is 0 Å². The molecule has 4 nitrogen and oxygen atoms in total. The van der Waals surface area contributed by atoms with Crippen LogP contribution in [0.4, 0.5) is 0 Å². The Morgan fingerprint density at radius 3 is 2.70 bits per heavy atom. The van der Waals surface area contributed by atoms with Crippen LogP contribution in [0.25, 0.3) is 11.4 Å². The molecule has 2 aromatic rings. The van der Waals surface area contributed by atoms with E-state index in [0.717, 1.165) is 27.2 Å². The van der Waals surface area contributed by atoms with Crippen LogP contribution in [-0.4, -0.2) is 20.6 Å². The first kappa shape index (κ1) is 14.8. The maximum atomic E-state index is 10.7. The largest absolute Gasteiger partial charge is 0.481 e. The molecule has 106 valence electrons. The standard InChI is InChI=1S/C15H17BrN2O2/c1-9-4-5-11(10(2)8-9)15-17-12(6-7-13(19)20)14(16)18(15)3/h4-5,8H,6-7H2,1-3H3,(H,19,20). The Hall–Kier alpha value is -1.62. The summed E-state index contributed by atoms with van der Waals surface area (Å²) in [6, 6.07) is 6.23. The van der Waals surface area contributed by atoms with Gasteiger partial charge in [-0.05, 0) is 35.3 Å². The number of nitrogens with zero attached hydrogens (tertiary/aromatic N) is 2. The minimum atomic E-state index is -0.810. The van der Waals surface area contributed by atoms with Crippen LogP contribution in [0, 0.1) is 13.8 Å². The van der Waals surface area contributed by atoms with Crippen LogP contribution < -0.4 is 0 Å². The number of hydrogen-bond acceptors (Lipinski definition) is 2. The van der Waals surface area contributed by atoms with Crippen LogP contribution in [0.1, 0.15) is 23.2 Å². The highest BCUT2D eigenvalue weighted by Crippen LogP contribution is 2.28. The fraction of sp³-hybridized carbons (Fsp3) is 0.333. The second-order valence-electron chi connectivity index (χ2n) is 4.94. The molecule has 1 heterocycles. The van der Waals surface area contributed by atoms with Gasteiger partial charge in [-0.1, -0.05) is 23.8 Å². The molecule has 0 radical (unpaired) electrons. The van der Waals surface area contributed by atoms with E-state index < -0.39 is 5.97 Å². The van der Waals surface area contributed by atoms with E-state index in [2.05, 4.69) is 53.0 Å². The van der Waals surface area contributed by atoms with Gasteiger partial charge < -0.3 is 9.67 Å². The molecule has 0 spiro atoms. The second kappa shape index (κ2) is 5.79. The zero-order valence-corrected chi connectivity index (χ0v) is 13.4. The number of hydrogen-bond donors (Lipinski definition) is 1. The maximum absolute atomic E-state index is 10.7. The molecular formula is C15H17BrN2O2. The normalized spacial score (nSPS) is 10.8. The lowest BCUT2D eigenvalue weighted by atomic mass is 10.1. The van der Waals surface area contributed by atoms with Gasteiger partial charge in [-0.15, -0.1) is 0 Å². The molecule has 0 saturated heterocycles. The molecule has 1 N–H and O–H groups in total. The molecule has 5 heteroatoms. The first-order valence-corrected chi connectivity index (χ1v) is 7.20. The van der Waals surface area contributed by atoms with E-state index in [4.69, 9.17) is 5.11 Å². The van der Waals surface area contributed by atoms with Gasteiger partial charge in [-0.3, -0.25) is 4.79 Å². The van der Waals surface area contributed by atoms with Gasteiger partial charge >= 0.3 is 5.97 Å². The van der Waals surface area contributed by atoms with E-state index >= 15 is 0 Å². The van der Waals surface area contributed by atoms with E-state index in [9.17, 15) is 4.79 Å². The van der Waals surface area contributed by atoms with Crippen LogP contribution in [0.5, 0.6) is 0 Å². The Bertz CT molecular complexity index is 662. The predicted molar refractivity (Wildman–Crippen MR) is 81.8 cm³/mol. The van der Waals surface area contributed by atoms with Crippen molar-refractivity contribution >= 4 is 21.9 Å². The summed E-state index contributed by atoms with van der Waals surface area (Å²) in [4.78, 5) is 15.3.